The molecule has 0 spiro atoms. The minimum atomic E-state index is -4.98. The Hall–Kier alpha value is -2.96. The summed E-state index contributed by atoms with van der Waals surface area (Å²) in [4.78, 5) is 44.1. The molecule has 1 aromatic carbocycles. The van der Waals surface area contributed by atoms with E-state index in [1.807, 2.05) is 24.3 Å². The number of carbonyl (C=O) groups is 3. The van der Waals surface area contributed by atoms with Gasteiger partial charge >= 0.3 is 0 Å². The minimum Gasteiger partial charge on any atom is -0.374 e. The van der Waals surface area contributed by atoms with Crippen LogP contribution in [-0.2, 0) is 19.7 Å². The van der Waals surface area contributed by atoms with Gasteiger partial charge in [0.15, 0.2) is 5.44 Å². The van der Waals surface area contributed by atoms with Gasteiger partial charge in [-0.05, 0) is 50.2 Å². The van der Waals surface area contributed by atoms with Crippen molar-refractivity contribution >= 4 is 38.7 Å². The quantitative estimate of drug-likeness (QED) is 0.334. The highest BCUT2D eigenvalue weighted by Gasteiger charge is 2.49. The number of hydrogen-bond acceptors (Lipinski definition) is 6. The van der Waals surface area contributed by atoms with E-state index < -0.39 is 39.5 Å². The normalized spacial score (nSPS) is 27.5. The maximum Gasteiger partial charge on any atom is 0.292 e. The Morgan fingerprint density at radius 3 is 2.68 bits per heavy atom. The van der Waals surface area contributed by atoms with Crippen molar-refractivity contribution in [1.29, 1.82) is 0 Å². The van der Waals surface area contributed by atoms with Crippen LogP contribution in [-0.4, -0.2) is 70.4 Å². The lowest BCUT2D eigenvalue weighted by atomic mass is 9.87. The second kappa shape index (κ2) is 10.1. The Kier molecular flexibility index (Phi) is 6.99. The zero-order chi connectivity index (χ0) is 26.3. The van der Waals surface area contributed by atoms with E-state index in [2.05, 4.69) is 15.6 Å². The summed E-state index contributed by atoms with van der Waals surface area (Å²) in [5.41, 5.74) is -1.19. The summed E-state index contributed by atoms with van der Waals surface area (Å²) >= 11 is 0. The summed E-state index contributed by atoms with van der Waals surface area (Å²) in [5, 5.41) is 16.8. The third-order valence-corrected chi connectivity index (χ3v) is 9.06. The number of hydrogen-bond donors (Lipinski definition) is 5. The molecule has 0 bridgehead atoms. The first kappa shape index (κ1) is 25.7. The second-order valence-electron chi connectivity index (χ2n) is 10.4. The number of carbonyl (C=O) groups excluding carboxylic acids is 3. The number of likely N-dealkylation sites (tertiary alicyclic amines) is 1. The van der Waals surface area contributed by atoms with Crippen LogP contribution in [0.5, 0.6) is 0 Å². The summed E-state index contributed by atoms with van der Waals surface area (Å²) in [6.45, 7) is 0.934. The Labute approximate surface area is 214 Å². The molecule has 1 aliphatic carbocycles. The predicted octanol–water partition coefficient (Wildman–Crippen LogP) is 1.22. The maximum absolute atomic E-state index is 13.6. The first-order valence-electron chi connectivity index (χ1n) is 12.7. The minimum absolute atomic E-state index is 0.0150. The van der Waals surface area contributed by atoms with Crippen molar-refractivity contribution in [3.8, 4) is 0 Å². The zero-order valence-corrected chi connectivity index (χ0v) is 21.1. The van der Waals surface area contributed by atoms with Crippen molar-refractivity contribution in [3.63, 3.8) is 0 Å². The number of para-hydroxylation sites is 1. The number of rotatable bonds is 7. The lowest BCUT2D eigenvalue weighted by Gasteiger charge is -2.32. The Morgan fingerprint density at radius 2 is 1.95 bits per heavy atom. The molecule has 5 rings (SSSR count). The van der Waals surface area contributed by atoms with Gasteiger partial charge in [0.05, 0.1) is 5.92 Å². The Morgan fingerprint density at radius 1 is 1.16 bits per heavy atom. The molecule has 3 amide bonds. The van der Waals surface area contributed by atoms with E-state index >= 15 is 0 Å². The fraction of sp³-hybridized carbons (Fsp3) is 0.560. The molecule has 3 aliphatic rings. The third-order valence-electron chi connectivity index (χ3n) is 8.13. The summed E-state index contributed by atoms with van der Waals surface area (Å²) in [6.07, 6.45) is 2.81. The summed E-state index contributed by atoms with van der Waals surface area (Å²) in [7, 11) is -4.98. The van der Waals surface area contributed by atoms with Crippen LogP contribution in [0, 0.1) is 23.7 Å². The molecule has 2 aliphatic heterocycles. The van der Waals surface area contributed by atoms with Gasteiger partial charge in [-0.3, -0.25) is 18.9 Å². The second-order valence-corrected chi connectivity index (χ2v) is 11.9. The number of amides is 3. The molecule has 37 heavy (non-hydrogen) atoms. The van der Waals surface area contributed by atoms with Crippen LogP contribution in [0.3, 0.4) is 0 Å². The number of aliphatic hydroxyl groups excluding tert-OH is 1. The number of benzene rings is 1. The lowest BCUT2D eigenvalue weighted by molar-refractivity contribution is -0.132. The van der Waals surface area contributed by atoms with E-state index in [1.165, 1.54) is 0 Å². The average molecular weight is 533 g/mol. The number of H-pyrrole nitrogens is 1. The van der Waals surface area contributed by atoms with E-state index in [9.17, 15) is 32.5 Å². The highest BCUT2D eigenvalue weighted by Crippen LogP contribution is 2.42. The number of aromatic nitrogens is 1. The number of fused-ring (bicyclic) bond motifs is 2. The van der Waals surface area contributed by atoms with E-state index in [1.54, 1.807) is 11.0 Å². The van der Waals surface area contributed by atoms with Gasteiger partial charge in [-0.2, -0.15) is 8.42 Å². The van der Waals surface area contributed by atoms with Gasteiger partial charge in [-0.25, -0.2) is 0 Å². The van der Waals surface area contributed by atoms with E-state index in [0.717, 1.165) is 30.2 Å². The fourth-order valence-electron chi connectivity index (χ4n) is 6.22. The van der Waals surface area contributed by atoms with Gasteiger partial charge < -0.3 is 25.6 Å². The van der Waals surface area contributed by atoms with Gasteiger partial charge in [-0.15, -0.1) is 0 Å². The third kappa shape index (κ3) is 5.10. The van der Waals surface area contributed by atoms with Gasteiger partial charge in [-0.1, -0.05) is 24.6 Å². The van der Waals surface area contributed by atoms with Gasteiger partial charge in [0.1, 0.15) is 11.9 Å². The van der Waals surface area contributed by atoms with Crippen molar-refractivity contribution in [2.24, 2.45) is 23.7 Å². The van der Waals surface area contributed by atoms with Crippen LogP contribution >= 0.6 is 0 Å². The molecule has 1 unspecified atom stereocenters. The SMILES string of the molecule is O=C1NCCC[C@H]1C[C@@H](C(=O)N[C@@H]1[C@H]2CCC[C@H]2CN1C(=O)c1cc2ccccc2[nH]1)C(O)S(=O)(=O)O. The van der Waals surface area contributed by atoms with Gasteiger partial charge in [0.25, 0.3) is 16.0 Å². The standard InChI is InChI=1S/C25H32N4O7S/c30-22-15(7-4-10-26-22)11-18(25(33)37(34,35)36)23(31)28-21-17-8-3-6-16(17)13-29(21)24(32)20-12-14-5-1-2-9-19(14)27-20/h1-2,5,9,12,15-18,21,25,27,33H,3-4,6-8,10-11,13H2,(H,26,30)(H,28,31)(H,34,35,36)/t15-,16-,17-,18-,21-,25?/m0/s1. The number of aromatic amines is 1. The maximum atomic E-state index is 13.6. The first-order valence-corrected chi connectivity index (χ1v) is 14.2. The average Bonchev–Trinajstić information content (AvgIpc) is 3.57. The largest absolute Gasteiger partial charge is 0.374 e. The zero-order valence-electron chi connectivity index (χ0n) is 20.3. The molecular weight excluding hydrogens is 500 g/mol. The number of nitrogens with one attached hydrogen (secondary N) is 3. The number of aliphatic hydroxyl groups is 1. The number of nitrogens with zero attached hydrogens (tertiary/aromatic N) is 1. The Bertz CT molecular complexity index is 1280. The van der Waals surface area contributed by atoms with Crippen LogP contribution < -0.4 is 10.6 Å². The molecule has 200 valence electrons. The van der Waals surface area contributed by atoms with Crippen LogP contribution in [0.15, 0.2) is 30.3 Å². The Balaban J connectivity index is 1.40. The highest BCUT2D eigenvalue weighted by atomic mass is 32.2. The van der Waals surface area contributed by atoms with Crippen LogP contribution in [0.4, 0.5) is 0 Å². The molecule has 2 aromatic rings. The van der Waals surface area contributed by atoms with Crippen LogP contribution in [0.25, 0.3) is 10.9 Å². The lowest BCUT2D eigenvalue weighted by Crippen LogP contribution is -2.54. The number of piperidine rings is 1. The smallest absolute Gasteiger partial charge is 0.292 e. The van der Waals surface area contributed by atoms with Crippen molar-refractivity contribution < 1.29 is 32.5 Å². The summed E-state index contributed by atoms with van der Waals surface area (Å²) in [6, 6.07) is 9.26. The van der Waals surface area contributed by atoms with Gasteiger partial charge in [0, 0.05) is 35.8 Å². The van der Waals surface area contributed by atoms with Crippen LogP contribution in [0.1, 0.15) is 49.0 Å². The molecule has 6 atom stereocenters. The van der Waals surface area contributed by atoms with Gasteiger partial charge in [0.2, 0.25) is 11.8 Å². The van der Waals surface area contributed by atoms with E-state index in [4.69, 9.17) is 0 Å². The fourth-order valence-corrected chi connectivity index (χ4v) is 6.87. The van der Waals surface area contributed by atoms with E-state index in [-0.39, 0.29) is 30.1 Å². The van der Waals surface area contributed by atoms with Crippen molar-refractivity contribution in [2.75, 3.05) is 13.1 Å². The van der Waals surface area contributed by atoms with Crippen molar-refractivity contribution in [1.82, 2.24) is 20.5 Å². The predicted molar refractivity (Wildman–Crippen MR) is 133 cm³/mol. The molecule has 3 heterocycles. The molecule has 2 saturated heterocycles. The molecule has 3 fully saturated rings. The molecule has 1 aromatic heterocycles. The van der Waals surface area contributed by atoms with E-state index in [0.29, 0.717) is 31.6 Å². The monoisotopic (exact) mass is 532 g/mol. The molecule has 12 heteroatoms. The van der Waals surface area contributed by atoms with Crippen LogP contribution in [0.2, 0.25) is 0 Å². The summed E-state index contributed by atoms with van der Waals surface area (Å²) in [5.74, 6) is -3.49. The first-order chi connectivity index (χ1) is 17.6. The highest BCUT2D eigenvalue weighted by molar-refractivity contribution is 7.86. The van der Waals surface area contributed by atoms with Crippen molar-refractivity contribution in [2.45, 2.75) is 50.1 Å². The van der Waals surface area contributed by atoms with Crippen molar-refractivity contribution in [3.05, 3.63) is 36.0 Å². The molecular formula is C25H32N4O7S. The molecule has 11 nitrogen and oxygen atoms in total. The molecule has 5 N–H and O–H groups in total. The molecule has 1 saturated carbocycles. The molecule has 0 radical (unpaired) electrons. The summed E-state index contributed by atoms with van der Waals surface area (Å²) < 4.78 is 33.2. The topological polar surface area (TPSA) is 169 Å².